The Morgan fingerprint density at radius 2 is 1.81 bits per heavy atom. The van der Waals surface area contributed by atoms with Crippen LogP contribution in [-0.2, 0) is 19.7 Å². The molecule has 42 heavy (non-hydrogen) atoms. The number of hydrogen-bond acceptors (Lipinski definition) is 7. The first-order valence-corrected chi connectivity index (χ1v) is 13.4. The molecule has 0 bridgehead atoms. The Morgan fingerprint density at radius 1 is 1.00 bits per heavy atom. The van der Waals surface area contributed by atoms with Crippen molar-refractivity contribution >= 4 is 5.91 Å². The number of carbonyl (C=O) groups is 1. The Labute approximate surface area is 241 Å². The Kier molecular flexibility index (Phi) is 8.74. The Balaban J connectivity index is 1.24. The number of aryl methyl sites for hydroxylation is 1. The van der Waals surface area contributed by atoms with Gasteiger partial charge in [0.25, 0.3) is 5.91 Å². The van der Waals surface area contributed by atoms with Gasteiger partial charge in [0.15, 0.2) is 0 Å². The highest BCUT2D eigenvalue weighted by molar-refractivity contribution is 5.95. The van der Waals surface area contributed by atoms with Crippen molar-refractivity contribution in [1.82, 2.24) is 19.6 Å². The maximum Gasteiger partial charge on any atom is 0.440 e. The molecule has 10 nitrogen and oxygen atoms in total. The second-order valence-electron chi connectivity index (χ2n) is 9.82. The summed E-state index contributed by atoms with van der Waals surface area (Å²) in [6.07, 6.45) is 3.40. The number of aromatic amines is 1. The third-order valence-corrected chi connectivity index (χ3v) is 6.75. The molecule has 5 rings (SSSR count). The van der Waals surface area contributed by atoms with E-state index in [-0.39, 0.29) is 25.6 Å². The fourth-order valence-electron chi connectivity index (χ4n) is 4.66. The summed E-state index contributed by atoms with van der Waals surface area (Å²) in [5.41, 5.74) is 5.57. The van der Waals surface area contributed by atoms with E-state index in [2.05, 4.69) is 16.0 Å². The van der Waals surface area contributed by atoms with Crippen LogP contribution in [0.4, 0.5) is 0 Å². The lowest BCUT2D eigenvalue weighted by atomic mass is 9.96. The molecule has 0 aliphatic rings. The van der Waals surface area contributed by atoms with E-state index in [0.29, 0.717) is 24.5 Å². The molecule has 1 amide bonds. The Morgan fingerprint density at radius 3 is 2.50 bits per heavy atom. The number of benzene rings is 3. The molecular formula is C32H30N4O6. The second kappa shape index (κ2) is 13.0. The third-order valence-electron chi connectivity index (χ3n) is 6.75. The highest BCUT2D eigenvalue weighted by atomic mass is 16.5. The first kappa shape index (κ1) is 28.3. The van der Waals surface area contributed by atoms with Gasteiger partial charge in [-0.2, -0.15) is 0 Å². The van der Waals surface area contributed by atoms with Crippen molar-refractivity contribution < 1.29 is 19.2 Å². The molecule has 0 radical (unpaired) electrons. The summed E-state index contributed by atoms with van der Waals surface area (Å²) in [6.45, 7) is 2.92. The molecule has 5 aromatic rings. The predicted molar refractivity (Wildman–Crippen MR) is 156 cm³/mol. The minimum absolute atomic E-state index is 0.128. The number of H-pyrrole nitrogens is 1. The molecule has 3 aromatic carbocycles. The topological polar surface area (TPSA) is 131 Å². The summed E-state index contributed by atoms with van der Waals surface area (Å²) >= 11 is 0. The number of pyridine rings is 1. The largest absolute Gasteiger partial charge is 0.489 e. The van der Waals surface area contributed by atoms with E-state index in [0.717, 1.165) is 38.1 Å². The van der Waals surface area contributed by atoms with Gasteiger partial charge in [-0.3, -0.25) is 9.78 Å². The summed E-state index contributed by atoms with van der Waals surface area (Å²) < 4.78 is 11.7. The number of ether oxygens (including phenoxy) is 1. The lowest BCUT2D eigenvalue weighted by Gasteiger charge is -2.22. The van der Waals surface area contributed by atoms with Crippen LogP contribution in [0.15, 0.2) is 105 Å². The van der Waals surface area contributed by atoms with Crippen LogP contribution in [0.5, 0.6) is 5.75 Å². The van der Waals surface area contributed by atoms with Crippen LogP contribution < -0.4 is 16.2 Å². The lowest BCUT2D eigenvalue weighted by molar-refractivity contribution is 0.0707. The van der Waals surface area contributed by atoms with Crippen molar-refractivity contribution in [2.45, 2.75) is 26.6 Å². The number of nitrogens with zero attached hydrogens (tertiary/aromatic N) is 3. The zero-order valence-corrected chi connectivity index (χ0v) is 23.0. The van der Waals surface area contributed by atoms with Gasteiger partial charge in [-0.1, -0.05) is 42.5 Å². The molecular weight excluding hydrogens is 536 g/mol. The number of aromatic nitrogens is 3. The van der Waals surface area contributed by atoms with E-state index in [1.165, 1.54) is 0 Å². The molecule has 2 aromatic heterocycles. The van der Waals surface area contributed by atoms with Crippen molar-refractivity contribution in [3.63, 3.8) is 0 Å². The van der Waals surface area contributed by atoms with Crippen molar-refractivity contribution in [1.29, 1.82) is 0 Å². The van der Waals surface area contributed by atoms with Crippen LogP contribution >= 0.6 is 0 Å². The summed E-state index contributed by atoms with van der Waals surface area (Å²) in [5, 5.41) is 9.53. The minimum atomic E-state index is -0.789. The second-order valence-corrected chi connectivity index (χ2v) is 9.82. The molecule has 0 spiro atoms. The summed E-state index contributed by atoms with van der Waals surface area (Å²) in [6, 6.07) is 24.6. The van der Waals surface area contributed by atoms with Crippen molar-refractivity contribution in [3.05, 3.63) is 140 Å². The van der Waals surface area contributed by atoms with Gasteiger partial charge >= 0.3 is 11.4 Å². The van der Waals surface area contributed by atoms with Gasteiger partial charge in [0.05, 0.1) is 13.2 Å². The summed E-state index contributed by atoms with van der Waals surface area (Å²) in [5.74, 6) is -0.284. The van der Waals surface area contributed by atoms with Crippen LogP contribution in [0, 0.1) is 6.92 Å². The molecule has 0 fully saturated rings. The van der Waals surface area contributed by atoms with E-state index in [1.807, 2.05) is 55.5 Å². The van der Waals surface area contributed by atoms with Crippen LogP contribution in [0.3, 0.4) is 0 Å². The lowest BCUT2D eigenvalue weighted by Crippen LogP contribution is -2.33. The van der Waals surface area contributed by atoms with Gasteiger partial charge in [-0.25, -0.2) is 14.6 Å². The number of hydrogen-bond donors (Lipinski definition) is 2. The third kappa shape index (κ3) is 6.91. The van der Waals surface area contributed by atoms with Gasteiger partial charge in [-0.05, 0) is 76.7 Å². The predicted octanol–water partition coefficient (Wildman–Crippen LogP) is 3.76. The fraction of sp³-hybridized carbons (Fsp3) is 0.188. The maximum absolute atomic E-state index is 13.3. The molecule has 2 heterocycles. The highest BCUT2D eigenvalue weighted by Gasteiger charge is 2.17. The Bertz CT molecular complexity index is 1770. The van der Waals surface area contributed by atoms with E-state index < -0.39 is 11.4 Å². The molecule has 214 valence electrons. The van der Waals surface area contributed by atoms with Crippen LogP contribution in [0.1, 0.15) is 32.6 Å². The number of rotatable bonds is 11. The maximum atomic E-state index is 13.3. The quantitative estimate of drug-likeness (QED) is 0.249. The Hall–Kier alpha value is -5.22. The van der Waals surface area contributed by atoms with Gasteiger partial charge in [0, 0.05) is 31.0 Å². The summed E-state index contributed by atoms with van der Waals surface area (Å²) in [7, 11) is 0. The first-order valence-electron chi connectivity index (χ1n) is 13.4. The number of nitrogens with one attached hydrogen (secondary N) is 1. The van der Waals surface area contributed by atoms with Gasteiger partial charge in [-0.15, -0.1) is 4.74 Å². The number of carbonyl (C=O) groups excluding carboxylic acids is 1. The number of aliphatic hydroxyl groups excluding tert-OH is 1. The number of amides is 1. The van der Waals surface area contributed by atoms with Gasteiger partial charge in [0.1, 0.15) is 12.4 Å². The van der Waals surface area contributed by atoms with E-state index in [4.69, 9.17) is 9.26 Å². The zero-order valence-electron chi connectivity index (χ0n) is 23.0. The van der Waals surface area contributed by atoms with Crippen LogP contribution in [0.25, 0.3) is 11.1 Å². The fourth-order valence-corrected chi connectivity index (χ4v) is 4.66. The average Bonchev–Trinajstić information content (AvgIpc) is 3.32. The van der Waals surface area contributed by atoms with Gasteiger partial charge < -0.3 is 19.3 Å². The van der Waals surface area contributed by atoms with E-state index in [9.17, 15) is 19.5 Å². The highest BCUT2D eigenvalue weighted by Crippen LogP contribution is 2.26. The normalized spacial score (nSPS) is 10.9. The van der Waals surface area contributed by atoms with Crippen molar-refractivity contribution in [2.75, 3.05) is 13.2 Å². The van der Waals surface area contributed by atoms with Crippen molar-refractivity contribution in [2.24, 2.45) is 0 Å². The van der Waals surface area contributed by atoms with Crippen LogP contribution in [-0.4, -0.2) is 43.8 Å². The van der Waals surface area contributed by atoms with Crippen LogP contribution in [0.2, 0.25) is 0 Å². The molecule has 0 saturated carbocycles. The summed E-state index contributed by atoms with van der Waals surface area (Å²) in [4.78, 5) is 43.9. The van der Waals surface area contributed by atoms with Gasteiger partial charge in [0.2, 0.25) is 0 Å². The molecule has 0 unspecified atom stereocenters. The van der Waals surface area contributed by atoms with E-state index >= 15 is 0 Å². The molecule has 0 aliphatic carbocycles. The van der Waals surface area contributed by atoms with E-state index in [1.54, 1.807) is 41.6 Å². The molecule has 10 heteroatoms. The molecule has 0 atom stereocenters. The smallest absolute Gasteiger partial charge is 0.440 e. The monoisotopic (exact) mass is 566 g/mol. The standard InChI is InChI=1S/C32H30N4O6/c1-22-16-27(30(38)35(14-15-37)19-25-5-3-13-33-18-25)9-12-29(22)26-6-2-4-24(17-26)21-41-28-10-7-23(8-11-28)20-36-31(39)34-32(40)42-36/h2-13,16-18,37H,14-15,19-21H2,1H3,(H,34,39,40). The SMILES string of the molecule is Cc1cc(C(=O)N(CCO)Cc2cccnc2)ccc1-c1cccc(COc2ccc(Cn3oc(=O)[nH]c3=O)cc2)c1. The number of aliphatic hydroxyl groups is 1. The van der Waals surface area contributed by atoms with Crippen molar-refractivity contribution in [3.8, 4) is 16.9 Å². The molecule has 0 aliphatic heterocycles. The zero-order chi connectivity index (χ0) is 29.5. The molecule has 0 saturated heterocycles. The average molecular weight is 567 g/mol. The first-order chi connectivity index (χ1) is 20.4. The molecule has 2 N–H and O–H groups in total. The minimum Gasteiger partial charge on any atom is -0.489 e.